The van der Waals surface area contributed by atoms with Crippen molar-refractivity contribution in [1.82, 2.24) is 43.6 Å². The van der Waals surface area contributed by atoms with E-state index in [9.17, 15) is 0 Å². The molecule has 0 N–H and O–H groups in total. The maximum atomic E-state index is 6.43. The first-order valence-corrected chi connectivity index (χ1v) is 22.5. The number of nitrogens with zero attached hydrogens (tertiary/aromatic N) is 10. The summed E-state index contributed by atoms with van der Waals surface area (Å²) in [6, 6.07) is 58.3. The van der Waals surface area contributed by atoms with Crippen molar-refractivity contribution in [3.05, 3.63) is 188 Å². The number of anilines is 3. The molecule has 68 heavy (non-hydrogen) atoms. The number of aromatic nitrogens is 9. The first-order chi connectivity index (χ1) is 33.5. The molecule has 13 rings (SSSR count). The van der Waals surface area contributed by atoms with Gasteiger partial charge in [-0.15, -0.1) is 0 Å². The number of fused-ring (bicyclic) bond motifs is 5. The molecule has 12 aromatic rings. The number of ether oxygens (including phenoxy) is 1. The molecular weight excluding hydrogens is 841 g/mol. The van der Waals surface area contributed by atoms with Crippen LogP contribution in [0.5, 0.6) is 11.5 Å². The van der Waals surface area contributed by atoms with Crippen LogP contribution in [-0.2, 0) is 21.1 Å². The average Bonchev–Trinajstić information content (AvgIpc) is 4.04. The van der Waals surface area contributed by atoms with Crippen LogP contribution in [0.1, 0.15) is 0 Å². The fourth-order valence-electron chi connectivity index (χ4n) is 10.00. The fraction of sp³-hybridized carbons (Fsp3) is 0.0526. The van der Waals surface area contributed by atoms with Crippen LogP contribution in [0.4, 0.5) is 17.1 Å². The van der Waals surface area contributed by atoms with Crippen molar-refractivity contribution in [3.63, 3.8) is 0 Å². The van der Waals surface area contributed by atoms with Crippen molar-refractivity contribution in [2.75, 3.05) is 4.90 Å². The van der Waals surface area contributed by atoms with Crippen molar-refractivity contribution in [3.8, 4) is 79.0 Å². The lowest BCUT2D eigenvalue weighted by atomic mass is 9.78. The van der Waals surface area contributed by atoms with Gasteiger partial charge in [-0.25, -0.2) is 29.9 Å². The Morgan fingerprint density at radius 3 is 1.10 bits per heavy atom. The standard InChI is InChI=1S/C57H40N10O/c1-64-52-39(21-14-32-58-52)61-55(64)49-47(37-28-30-38(31-29-37)67-42-24-10-12-26-44(42)68-45-27-13-11-25-43(45)67)46(35-17-6-4-7-18-35)50(56-62-40-22-15-33-59-53(40)65(56)2)51(48(49)36-19-8-5-9-20-36)57-63-41-23-16-34-60-54(41)66(57)3/h4-34H,1-3H3. The summed E-state index contributed by atoms with van der Waals surface area (Å²) in [5, 5.41) is 0. The molecule has 0 saturated carbocycles. The minimum atomic E-state index is 0.731. The summed E-state index contributed by atoms with van der Waals surface area (Å²) in [5.41, 5.74) is 16.1. The second-order valence-electron chi connectivity index (χ2n) is 16.9. The summed E-state index contributed by atoms with van der Waals surface area (Å²) in [4.78, 5) is 33.3. The quantitative estimate of drug-likeness (QED) is 0.156. The maximum Gasteiger partial charge on any atom is 0.159 e. The Balaban J connectivity index is 1.23. The van der Waals surface area contributed by atoms with Crippen molar-refractivity contribution in [2.24, 2.45) is 21.1 Å². The SMILES string of the molecule is Cn1c(-c2c(-c3ccc(N4c5ccccc5Oc5ccccc54)cc3)c(-c3ccccc3)c(-c3nc4cccnc4n3C)c(-c3nc4cccnc4n3C)c2-c2ccccc2)nc2cccnc21. The van der Waals surface area contributed by atoms with Crippen molar-refractivity contribution in [2.45, 2.75) is 0 Å². The molecule has 11 nitrogen and oxygen atoms in total. The Morgan fingerprint density at radius 2 is 0.691 bits per heavy atom. The first-order valence-electron chi connectivity index (χ1n) is 22.5. The van der Waals surface area contributed by atoms with Crippen LogP contribution in [0.3, 0.4) is 0 Å². The summed E-state index contributed by atoms with van der Waals surface area (Å²) < 4.78 is 12.7. The van der Waals surface area contributed by atoms with E-state index < -0.39 is 0 Å². The van der Waals surface area contributed by atoms with Crippen LogP contribution in [0.25, 0.3) is 101 Å². The Morgan fingerprint density at radius 1 is 0.338 bits per heavy atom. The highest BCUT2D eigenvalue weighted by Gasteiger charge is 2.35. The minimum Gasteiger partial charge on any atom is -0.453 e. The number of imidazole rings is 3. The second kappa shape index (κ2) is 15.5. The number of para-hydroxylation sites is 4. The number of hydrogen-bond donors (Lipinski definition) is 0. The number of rotatable bonds is 7. The maximum absolute atomic E-state index is 6.43. The number of benzene rings is 6. The third-order valence-electron chi connectivity index (χ3n) is 13.0. The molecule has 0 amide bonds. The van der Waals surface area contributed by atoms with Gasteiger partial charge in [-0.1, -0.05) is 97.1 Å². The van der Waals surface area contributed by atoms with E-state index in [0.717, 1.165) is 130 Å². The highest BCUT2D eigenvalue weighted by atomic mass is 16.5. The van der Waals surface area contributed by atoms with E-state index in [1.807, 2.05) is 105 Å². The van der Waals surface area contributed by atoms with E-state index in [1.54, 1.807) is 0 Å². The molecule has 0 atom stereocenters. The van der Waals surface area contributed by atoms with Gasteiger partial charge < -0.3 is 23.3 Å². The van der Waals surface area contributed by atoms with Crippen molar-refractivity contribution < 1.29 is 4.74 Å². The van der Waals surface area contributed by atoms with Crippen molar-refractivity contribution in [1.29, 1.82) is 0 Å². The molecule has 1 aliphatic rings. The van der Waals surface area contributed by atoms with Gasteiger partial charge in [0, 0.05) is 78.8 Å². The molecular formula is C57H40N10O. The lowest BCUT2D eigenvalue weighted by molar-refractivity contribution is 0.477. The molecule has 0 aliphatic carbocycles. The van der Waals surface area contributed by atoms with Crippen LogP contribution in [-0.4, -0.2) is 43.6 Å². The van der Waals surface area contributed by atoms with E-state index >= 15 is 0 Å². The van der Waals surface area contributed by atoms with Crippen LogP contribution < -0.4 is 9.64 Å². The predicted molar refractivity (Wildman–Crippen MR) is 270 cm³/mol. The minimum absolute atomic E-state index is 0.731. The van der Waals surface area contributed by atoms with Gasteiger partial charge in [0.25, 0.3) is 0 Å². The zero-order valence-corrected chi connectivity index (χ0v) is 37.3. The predicted octanol–water partition coefficient (Wildman–Crippen LogP) is 13.1. The summed E-state index contributed by atoms with van der Waals surface area (Å²) in [5.74, 6) is 3.81. The summed E-state index contributed by atoms with van der Waals surface area (Å²) in [6.45, 7) is 0. The van der Waals surface area contributed by atoms with Crippen molar-refractivity contribution >= 4 is 50.6 Å². The van der Waals surface area contributed by atoms with Crippen LogP contribution in [0.15, 0.2) is 188 Å². The third kappa shape index (κ3) is 5.99. The number of hydrogen-bond acceptors (Lipinski definition) is 8. The van der Waals surface area contributed by atoms with Gasteiger partial charge >= 0.3 is 0 Å². The monoisotopic (exact) mass is 880 g/mol. The molecule has 1 aliphatic heterocycles. The molecule has 11 heteroatoms. The van der Waals surface area contributed by atoms with Crippen LogP contribution in [0.2, 0.25) is 0 Å². The molecule has 0 unspecified atom stereocenters. The summed E-state index contributed by atoms with van der Waals surface area (Å²) in [7, 11) is 6.15. The third-order valence-corrected chi connectivity index (χ3v) is 13.0. The molecule has 0 fully saturated rings. The largest absolute Gasteiger partial charge is 0.453 e. The Labute approximate surface area is 390 Å². The van der Waals surface area contributed by atoms with E-state index in [1.165, 1.54) is 0 Å². The van der Waals surface area contributed by atoms with Gasteiger partial charge in [-0.3, -0.25) is 0 Å². The molecule has 6 aromatic heterocycles. The zero-order chi connectivity index (χ0) is 45.5. The normalized spacial score (nSPS) is 12.1. The highest BCUT2D eigenvalue weighted by Crippen LogP contribution is 2.57. The molecule has 0 spiro atoms. The molecule has 0 bridgehead atoms. The number of pyridine rings is 3. The highest BCUT2D eigenvalue weighted by molar-refractivity contribution is 6.14. The molecule has 0 radical (unpaired) electrons. The zero-order valence-electron chi connectivity index (χ0n) is 37.3. The lowest BCUT2D eigenvalue weighted by Gasteiger charge is -2.33. The van der Waals surface area contributed by atoms with Gasteiger partial charge in [-0.2, -0.15) is 0 Å². The van der Waals surface area contributed by atoms with Gasteiger partial charge in [-0.05, 0) is 89.5 Å². The van der Waals surface area contributed by atoms with Gasteiger partial charge in [0.1, 0.15) is 34.0 Å². The Kier molecular flexibility index (Phi) is 8.90. The Bertz CT molecular complexity index is 3880. The average molecular weight is 881 g/mol. The van der Waals surface area contributed by atoms with Crippen LogP contribution >= 0.6 is 0 Å². The smallest absolute Gasteiger partial charge is 0.159 e. The summed E-state index contributed by atoms with van der Waals surface area (Å²) >= 11 is 0. The van der Waals surface area contributed by atoms with Gasteiger partial charge in [0.2, 0.25) is 0 Å². The van der Waals surface area contributed by atoms with Gasteiger partial charge in [0.15, 0.2) is 28.4 Å². The lowest BCUT2D eigenvalue weighted by Crippen LogP contribution is -2.15. The number of aryl methyl sites for hydroxylation is 3. The first kappa shape index (κ1) is 39.2. The summed E-state index contributed by atoms with van der Waals surface area (Å²) in [6.07, 6.45) is 5.46. The van der Waals surface area contributed by atoms with E-state index in [-0.39, 0.29) is 0 Å². The Hall–Kier alpha value is -9.22. The molecule has 0 saturated heterocycles. The second-order valence-corrected chi connectivity index (χ2v) is 16.9. The van der Waals surface area contributed by atoms with Crippen LogP contribution in [0, 0.1) is 0 Å². The topological polar surface area (TPSA) is 105 Å². The molecule has 324 valence electrons. The van der Waals surface area contributed by atoms with E-state index in [0.29, 0.717) is 0 Å². The van der Waals surface area contributed by atoms with Gasteiger partial charge in [0.05, 0.1) is 11.4 Å². The van der Waals surface area contributed by atoms with E-state index in [4.69, 9.17) is 34.6 Å². The fourth-order valence-corrected chi connectivity index (χ4v) is 10.00. The molecule has 6 aromatic carbocycles. The van der Waals surface area contributed by atoms with E-state index in [2.05, 4.69) is 123 Å². The molecule has 7 heterocycles.